The van der Waals surface area contributed by atoms with Crippen LogP contribution in [0.15, 0.2) is 35.2 Å². The van der Waals surface area contributed by atoms with Crippen LogP contribution in [0.5, 0.6) is 0 Å². The molecule has 1 aromatic rings. The van der Waals surface area contributed by atoms with E-state index >= 15 is 0 Å². The van der Waals surface area contributed by atoms with Crippen LogP contribution >= 0.6 is 11.8 Å². The molecule has 1 rings (SSSR count). The number of thioether (sulfide) groups is 1. The molecule has 110 valence electrons. The highest BCUT2D eigenvalue weighted by molar-refractivity contribution is 8.00. The lowest BCUT2D eigenvalue weighted by Gasteiger charge is -2.28. The minimum atomic E-state index is -0.980. The van der Waals surface area contributed by atoms with E-state index in [1.54, 1.807) is 0 Å². The summed E-state index contributed by atoms with van der Waals surface area (Å²) in [7, 11) is 0. The molecule has 0 aliphatic rings. The number of hydrogen-bond acceptors (Lipinski definition) is 3. The molecule has 0 bridgehead atoms. The second-order valence-electron chi connectivity index (χ2n) is 4.78. The molecule has 0 saturated carbocycles. The van der Waals surface area contributed by atoms with Crippen molar-refractivity contribution in [3.8, 4) is 0 Å². The van der Waals surface area contributed by atoms with Crippen molar-refractivity contribution in [3.05, 3.63) is 30.3 Å². The highest BCUT2D eigenvalue weighted by Gasteiger charge is 2.27. The average molecular weight is 295 g/mol. The average Bonchev–Trinajstić information content (AvgIpc) is 2.42. The summed E-state index contributed by atoms with van der Waals surface area (Å²) < 4.78 is 0. The van der Waals surface area contributed by atoms with Gasteiger partial charge in [-0.25, -0.2) is 0 Å². The van der Waals surface area contributed by atoms with Gasteiger partial charge in [0.1, 0.15) is 6.54 Å². The SMILES string of the molecule is CCC(Sc1ccccc1)C(=O)N(CC(=O)O)C(C)C. The quantitative estimate of drug-likeness (QED) is 0.786. The molecule has 0 saturated heterocycles. The molecular weight excluding hydrogens is 274 g/mol. The van der Waals surface area contributed by atoms with E-state index in [1.165, 1.54) is 16.7 Å². The largest absolute Gasteiger partial charge is 0.480 e. The highest BCUT2D eigenvalue weighted by atomic mass is 32.2. The summed E-state index contributed by atoms with van der Waals surface area (Å²) in [5.41, 5.74) is 0. The first-order valence-corrected chi connectivity index (χ1v) is 7.57. The van der Waals surface area contributed by atoms with Crippen LogP contribution in [-0.4, -0.2) is 39.7 Å². The Morgan fingerprint density at radius 2 is 1.85 bits per heavy atom. The summed E-state index contributed by atoms with van der Waals surface area (Å²) in [6.45, 7) is 5.36. The third kappa shape index (κ3) is 4.89. The van der Waals surface area contributed by atoms with Gasteiger partial charge in [-0.3, -0.25) is 9.59 Å². The van der Waals surface area contributed by atoms with Gasteiger partial charge in [-0.1, -0.05) is 25.1 Å². The zero-order valence-electron chi connectivity index (χ0n) is 12.1. The van der Waals surface area contributed by atoms with Gasteiger partial charge in [0.15, 0.2) is 0 Å². The lowest BCUT2D eigenvalue weighted by molar-refractivity contribution is -0.145. The van der Waals surface area contributed by atoms with Gasteiger partial charge in [0.05, 0.1) is 5.25 Å². The molecule has 1 unspecified atom stereocenters. The normalized spacial score (nSPS) is 12.2. The Balaban J connectivity index is 2.81. The van der Waals surface area contributed by atoms with Crippen molar-refractivity contribution in [3.63, 3.8) is 0 Å². The Labute approximate surface area is 124 Å². The molecule has 4 nitrogen and oxygen atoms in total. The van der Waals surface area contributed by atoms with Crippen LogP contribution in [0.2, 0.25) is 0 Å². The number of carboxylic acid groups (broad SMARTS) is 1. The predicted octanol–water partition coefficient (Wildman–Crippen LogP) is 2.88. The summed E-state index contributed by atoms with van der Waals surface area (Å²) in [6, 6.07) is 9.57. The smallest absolute Gasteiger partial charge is 0.323 e. The topological polar surface area (TPSA) is 57.6 Å². The first-order valence-electron chi connectivity index (χ1n) is 6.69. The summed E-state index contributed by atoms with van der Waals surface area (Å²) in [5.74, 6) is -1.09. The van der Waals surface area contributed by atoms with Crippen molar-refractivity contribution in [1.29, 1.82) is 0 Å². The fourth-order valence-corrected chi connectivity index (χ4v) is 2.86. The van der Waals surface area contributed by atoms with E-state index in [9.17, 15) is 9.59 Å². The molecule has 0 radical (unpaired) electrons. The van der Waals surface area contributed by atoms with E-state index in [1.807, 2.05) is 51.1 Å². The number of carbonyl (C=O) groups is 2. The van der Waals surface area contributed by atoms with E-state index in [2.05, 4.69) is 0 Å². The summed E-state index contributed by atoms with van der Waals surface area (Å²) in [5, 5.41) is 8.67. The summed E-state index contributed by atoms with van der Waals surface area (Å²) in [4.78, 5) is 25.8. The maximum atomic E-state index is 12.5. The minimum absolute atomic E-state index is 0.112. The predicted molar refractivity (Wildman–Crippen MR) is 80.9 cm³/mol. The van der Waals surface area contributed by atoms with Gasteiger partial charge in [-0.05, 0) is 32.4 Å². The van der Waals surface area contributed by atoms with Gasteiger partial charge in [0, 0.05) is 10.9 Å². The van der Waals surface area contributed by atoms with Gasteiger partial charge in [-0.2, -0.15) is 0 Å². The molecule has 1 aromatic carbocycles. The van der Waals surface area contributed by atoms with Crippen LogP contribution in [0.3, 0.4) is 0 Å². The molecule has 0 fully saturated rings. The van der Waals surface area contributed by atoms with Gasteiger partial charge < -0.3 is 10.0 Å². The number of carboxylic acids is 1. The molecule has 0 spiro atoms. The van der Waals surface area contributed by atoms with E-state index in [4.69, 9.17) is 5.11 Å². The van der Waals surface area contributed by atoms with Crippen LogP contribution in [0.25, 0.3) is 0 Å². The molecule has 5 heteroatoms. The van der Waals surface area contributed by atoms with Crippen LogP contribution in [-0.2, 0) is 9.59 Å². The second-order valence-corrected chi connectivity index (χ2v) is 6.06. The minimum Gasteiger partial charge on any atom is -0.480 e. The third-order valence-corrected chi connectivity index (χ3v) is 4.24. The molecule has 0 heterocycles. The van der Waals surface area contributed by atoms with Crippen LogP contribution in [0.4, 0.5) is 0 Å². The van der Waals surface area contributed by atoms with Crippen LogP contribution in [0.1, 0.15) is 27.2 Å². The summed E-state index contributed by atoms with van der Waals surface area (Å²) >= 11 is 1.49. The van der Waals surface area contributed by atoms with E-state index < -0.39 is 5.97 Å². The number of benzene rings is 1. The maximum absolute atomic E-state index is 12.5. The number of nitrogens with zero attached hydrogens (tertiary/aromatic N) is 1. The molecule has 0 aliphatic carbocycles. The van der Waals surface area contributed by atoms with E-state index in [0.29, 0.717) is 6.42 Å². The molecule has 0 aliphatic heterocycles. The molecular formula is C15H21NO3S. The number of hydrogen-bond donors (Lipinski definition) is 1. The summed E-state index contributed by atoms with van der Waals surface area (Å²) in [6.07, 6.45) is 0.668. The van der Waals surface area contributed by atoms with Gasteiger partial charge in [-0.15, -0.1) is 11.8 Å². The maximum Gasteiger partial charge on any atom is 0.323 e. The van der Waals surface area contributed by atoms with E-state index in [-0.39, 0.29) is 23.7 Å². The van der Waals surface area contributed by atoms with Crippen LogP contribution in [0, 0.1) is 0 Å². The molecule has 1 N–H and O–H groups in total. The lowest BCUT2D eigenvalue weighted by atomic mass is 10.2. The van der Waals surface area contributed by atoms with Crippen molar-refractivity contribution in [2.75, 3.05) is 6.54 Å². The van der Waals surface area contributed by atoms with Crippen molar-refractivity contribution < 1.29 is 14.7 Å². The Kier molecular flexibility index (Phi) is 6.58. The standard InChI is InChI=1S/C15H21NO3S/c1-4-13(20-12-8-6-5-7-9-12)15(19)16(11(2)3)10-14(17)18/h5-9,11,13H,4,10H2,1-3H3,(H,17,18). The fraction of sp³-hybridized carbons (Fsp3) is 0.467. The van der Waals surface area contributed by atoms with Gasteiger partial charge >= 0.3 is 5.97 Å². The van der Waals surface area contributed by atoms with Crippen molar-refractivity contribution in [2.24, 2.45) is 0 Å². The number of amides is 1. The van der Waals surface area contributed by atoms with E-state index in [0.717, 1.165) is 4.90 Å². The lowest BCUT2D eigenvalue weighted by Crippen LogP contribution is -2.44. The van der Waals surface area contributed by atoms with Crippen molar-refractivity contribution in [1.82, 2.24) is 4.90 Å². The number of carbonyl (C=O) groups excluding carboxylic acids is 1. The Morgan fingerprint density at radius 3 is 2.30 bits per heavy atom. The molecule has 1 amide bonds. The number of rotatable bonds is 7. The monoisotopic (exact) mass is 295 g/mol. The van der Waals surface area contributed by atoms with Gasteiger partial charge in [0.2, 0.25) is 5.91 Å². The Hall–Kier alpha value is -1.49. The zero-order chi connectivity index (χ0) is 15.1. The highest BCUT2D eigenvalue weighted by Crippen LogP contribution is 2.27. The fourth-order valence-electron chi connectivity index (χ4n) is 1.82. The van der Waals surface area contributed by atoms with Crippen LogP contribution < -0.4 is 0 Å². The Morgan fingerprint density at radius 1 is 1.25 bits per heavy atom. The second kappa shape index (κ2) is 7.94. The number of aliphatic carboxylic acids is 1. The first kappa shape index (κ1) is 16.6. The molecule has 20 heavy (non-hydrogen) atoms. The third-order valence-electron chi connectivity index (χ3n) is 2.88. The zero-order valence-corrected chi connectivity index (χ0v) is 12.9. The van der Waals surface area contributed by atoms with Crippen molar-refractivity contribution in [2.45, 2.75) is 43.4 Å². The molecule has 0 aromatic heterocycles. The Bertz CT molecular complexity index is 448. The van der Waals surface area contributed by atoms with Gasteiger partial charge in [0.25, 0.3) is 0 Å². The first-order chi connectivity index (χ1) is 9.45. The van der Waals surface area contributed by atoms with Crippen molar-refractivity contribution >= 4 is 23.6 Å². The molecule has 1 atom stereocenters.